The third kappa shape index (κ3) is 4.12. The number of hydrogen-bond donors (Lipinski definition) is 0. The molecule has 2 aromatic heterocycles. The molecule has 1 aliphatic carbocycles. The molecule has 50 heavy (non-hydrogen) atoms. The first-order valence-corrected chi connectivity index (χ1v) is 17.2. The average molecular weight is 637 g/mol. The van der Waals surface area contributed by atoms with E-state index in [4.69, 9.17) is 4.98 Å². The summed E-state index contributed by atoms with van der Waals surface area (Å²) >= 11 is 0. The van der Waals surface area contributed by atoms with Crippen LogP contribution < -0.4 is 0 Å². The Hall–Kier alpha value is -6.51. The standard InChI is InChI=1S/C48H32N2/c1-5-15-33(16-6-1)35-25-29-44(49-32-35)34-26-30-45-42(31-34)41-28-27-40-39-23-13-14-24-43(39)48(36-17-7-2-8-18-36,37-19-9-3-10-20-37)46(40)47(41)50(45)38-21-11-4-12-22-38/h1-32H. The third-order valence-electron chi connectivity index (χ3n) is 10.5. The van der Waals surface area contributed by atoms with E-state index in [-0.39, 0.29) is 0 Å². The number of rotatable bonds is 5. The number of para-hydroxylation sites is 1. The van der Waals surface area contributed by atoms with Crippen LogP contribution in [0.15, 0.2) is 194 Å². The van der Waals surface area contributed by atoms with Gasteiger partial charge in [0.05, 0.1) is 22.1 Å². The molecule has 1 aliphatic rings. The molecule has 2 heterocycles. The van der Waals surface area contributed by atoms with E-state index in [0.29, 0.717) is 0 Å². The second-order valence-electron chi connectivity index (χ2n) is 13.1. The van der Waals surface area contributed by atoms with Crippen molar-refractivity contribution in [2.45, 2.75) is 5.41 Å². The Labute approximate surface area is 291 Å². The molecule has 0 amide bonds. The van der Waals surface area contributed by atoms with Crippen molar-refractivity contribution in [1.29, 1.82) is 0 Å². The summed E-state index contributed by atoms with van der Waals surface area (Å²) in [5.74, 6) is 0. The largest absolute Gasteiger partial charge is 0.309 e. The maximum absolute atomic E-state index is 4.96. The van der Waals surface area contributed by atoms with Gasteiger partial charge in [0.2, 0.25) is 0 Å². The van der Waals surface area contributed by atoms with Gasteiger partial charge in [0, 0.05) is 39.3 Å². The Kier molecular flexibility index (Phi) is 6.43. The monoisotopic (exact) mass is 636 g/mol. The second-order valence-corrected chi connectivity index (χ2v) is 13.1. The van der Waals surface area contributed by atoms with Crippen molar-refractivity contribution in [2.24, 2.45) is 0 Å². The van der Waals surface area contributed by atoms with E-state index in [1.54, 1.807) is 0 Å². The third-order valence-corrected chi connectivity index (χ3v) is 10.5. The van der Waals surface area contributed by atoms with Gasteiger partial charge >= 0.3 is 0 Å². The molecule has 0 unspecified atom stereocenters. The van der Waals surface area contributed by atoms with Crippen LogP contribution in [-0.4, -0.2) is 9.55 Å². The van der Waals surface area contributed by atoms with Crippen LogP contribution in [0.5, 0.6) is 0 Å². The maximum Gasteiger partial charge on any atom is 0.0734 e. The summed E-state index contributed by atoms with van der Waals surface area (Å²) in [7, 11) is 0. The molecule has 7 aromatic carbocycles. The molecule has 2 heteroatoms. The van der Waals surface area contributed by atoms with Gasteiger partial charge in [0.1, 0.15) is 0 Å². The Balaban J connectivity index is 1.31. The number of benzene rings is 7. The molecule has 0 radical (unpaired) electrons. The quantitative estimate of drug-likeness (QED) is 0.184. The molecular weight excluding hydrogens is 605 g/mol. The number of hydrogen-bond acceptors (Lipinski definition) is 1. The fourth-order valence-electron chi connectivity index (χ4n) is 8.40. The summed E-state index contributed by atoms with van der Waals surface area (Å²) in [5, 5.41) is 2.44. The first-order valence-electron chi connectivity index (χ1n) is 17.2. The first-order chi connectivity index (χ1) is 24.8. The molecule has 2 nitrogen and oxygen atoms in total. The lowest BCUT2D eigenvalue weighted by Gasteiger charge is -2.34. The Bertz CT molecular complexity index is 2620. The van der Waals surface area contributed by atoms with E-state index >= 15 is 0 Å². The molecule has 10 rings (SSSR count). The highest BCUT2D eigenvalue weighted by molar-refractivity contribution is 6.14. The SMILES string of the molecule is c1ccc(-c2ccc(-c3ccc4c(c3)c3ccc5c(c3n4-c3ccccc3)C(c3ccccc3)(c3ccccc3)c3ccccc3-5)nc2)cc1. The van der Waals surface area contributed by atoms with Gasteiger partial charge in [0.15, 0.2) is 0 Å². The lowest BCUT2D eigenvalue weighted by molar-refractivity contribution is 0.772. The number of aromatic nitrogens is 2. The topological polar surface area (TPSA) is 17.8 Å². The fraction of sp³-hybridized carbons (Fsp3) is 0.0208. The Morgan fingerprint density at radius 3 is 1.74 bits per heavy atom. The summed E-state index contributed by atoms with van der Waals surface area (Å²) in [6, 6.07) is 68.3. The lowest BCUT2D eigenvalue weighted by Crippen LogP contribution is -2.29. The van der Waals surface area contributed by atoms with Gasteiger partial charge in [-0.1, -0.05) is 158 Å². The second kappa shape index (κ2) is 11.3. The number of pyridine rings is 1. The van der Waals surface area contributed by atoms with Gasteiger partial charge in [-0.05, 0) is 63.7 Å². The van der Waals surface area contributed by atoms with Crippen molar-refractivity contribution in [3.63, 3.8) is 0 Å². The minimum Gasteiger partial charge on any atom is -0.309 e. The van der Waals surface area contributed by atoms with Gasteiger partial charge in [0.25, 0.3) is 0 Å². The average Bonchev–Trinajstić information content (AvgIpc) is 3.70. The van der Waals surface area contributed by atoms with Crippen LogP contribution >= 0.6 is 0 Å². The summed E-state index contributed by atoms with van der Waals surface area (Å²) in [6.45, 7) is 0. The van der Waals surface area contributed by atoms with Crippen LogP contribution in [0.4, 0.5) is 0 Å². The first kappa shape index (κ1) is 28.5. The Morgan fingerprint density at radius 2 is 1.06 bits per heavy atom. The molecule has 9 aromatic rings. The highest BCUT2D eigenvalue weighted by Crippen LogP contribution is 2.59. The number of nitrogens with zero attached hydrogens (tertiary/aromatic N) is 2. The van der Waals surface area contributed by atoms with Crippen LogP contribution in [0.2, 0.25) is 0 Å². The molecular formula is C48H32N2. The summed E-state index contributed by atoms with van der Waals surface area (Å²) in [6.07, 6.45) is 1.99. The van der Waals surface area contributed by atoms with E-state index in [9.17, 15) is 0 Å². The molecule has 0 saturated carbocycles. The van der Waals surface area contributed by atoms with Crippen molar-refractivity contribution in [3.05, 3.63) is 217 Å². The van der Waals surface area contributed by atoms with Gasteiger partial charge in [-0.25, -0.2) is 0 Å². The van der Waals surface area contributed by atoms with Gasteiger partial charge in [-0.3, -0.25) is 4.98 Å². The molecule has 234 valence electrons. The predicted molar refractivity (Wildman–Crippen MR) is 207 cm³/mol. The van der Waals surface area contributed by atoms with Crippen LogP contribution in [-0.2, 0) is 5.41 Å². The zero-order valence-electron chi connectivity index (χ0n) is 27.4. The van der Waals surface area contributed by atoms with Gasteiger partial charge < -0.3 is 4.57 Å². The fourth-order valence-corrected chi connectivity index (χ4v) is 8.40. The predicted octanol–water partition coefficient (Wildman–Crippen LogP) is 11.9. The molecule has 0 atom stereocenters. The minimum absolute atomic E-state index is 0.521. The van der Waals surface area contributed by atoms with Crippen LogP contribution in [0.3, 0.4) is 0 Å². The van der Waals surface area contributed by atoms with E-state index in [1.807, 2.05) is 12.3 Å². The van der Waals surface area contributed by atoms with Crippen molar-refractivity contribution in [2.75, 3.05) is 0 Å². The zero-order chi connectivity index (χ0) is 33.1. The van der Waals surface area contributed by atoms with Crippen LogP contribution in [0.1, 0.15) is 22.3 Å². The lowest BCUT2D eigenvalue weighted by atomic mass is 9.67. The summed E-state index contributed by atoms with van der Waals surface area (Å²) < 4.78 is 2.49. The van der Waals surface area contributed by atoms with Crippen molar-refractivity contribution >= 4 is 21.8 Å². The maximum atomic E-state index is 4.96. The highest BCUT2D eigenvalue weighted by Gasteiger charge is 2.48. The summed E-state index contributed by atoms with van der Waals surface area (Å²) in [5.41, 5.74) is 15.1. The van der Waals surface area contributed by atoms with E-state index in [2.05, 4.69) is 187 Å². The molecule has 0 spiro atoms. The molecule has 0 bridgehead atoms. The van der Waals surface area contributed by atoms with E-state index in [0.717, 1.165) is 22.5 Å². The normalized spacial score (nSPS) is 13.0. The van der Waals surface area contributed by atoms with E-state index in [1.165, 1.54) is 60.8 Å². The molecule has 0 fully saturated rings. The smallest absolute Gasteiger partial charge is 0.0734 e. The van der Waals surface area contributed by atoms with Crippen LogP contribution in [0, 0.1) is 0 Å². The minimum atomic E-state index is -0.521. The van der Waals surface area contributed by atoms with Gasteiger partial charge in [-0.2, -0.15) is 0 Å². The zero-order valence-corrected chi connectivity index (χ0v) is 27.4. The number of fused-ring (bicyclic) bond motifs is 7. The van der Waals surface area contributed by atoms with E-state index < -0.39 is 5.41 Å². The van der Waals surface area contributed by atoms with Crippen molar-refractivity contribution in [3.8, 4) is 39.2 Å². The van der Waals surface area contributed by atoms with Crippen LogP contribution in [0.25, 0.3) is 61.0 Å². The summed E-state index contributed by atoms with van der Waals surface area (Å²) in [4.78, 5) is 4.96. The van der Waals surface area contributed by atoms with Gasteiger partial charge in [-0.15, -0.1) is 0 Å². The Morgan fingerprint density at radius 1 is 0.440 bits per heavy atom. The van der Waals surface area contributed by atoms with Crippen molar-refractivity contribution < 1.29 is 0 Å². The molecule has 0 aliphatic heterocycles. The molecule has 0 saturated heterocycles. The van der Waals surface area contributed by atoms with Crippen molar-refractivity contribution in [1.82, 2.24) is 9.55 Å². The highest BCUT2D eigenvalue weighted by atomic mass is 15.0. The molecule has 0 N–H and O–H groups in total.